The number of aromatic nitrogens is 1. The first kappa shape index (κ1) is 17.2. The highest BCUT2D eigenvalue weighted by Crippen LogP contribution is 2.34. The molecule has 1 heterocycles. The second-order valence-electron chi connectivity index (χ2n) is 5.37. The van der Waals surface area contributed by atoms with E-state index in [9.17, 15) is 9.59 Å². The Bertz CT molecular complexity index is 921. The molecule has 0 bridgehead atoms. The highest BCUT2D eigenvalue weighted by atomic mass is 16.5. The number of hydrogen-bond donors (Lipinski definition) is 1. The number of nitrogen functional groups attached to an aromatic ring is 1. The smallest absolute Gasteiger partial charge is 0.340 e. The maximum atomic E-state index is 12.4. The first-order valence-electron chi connectivity index (χ1n) is 7.72. The Morgan fingerprint density at radius 3 is 2.62 bits per heavy atom. The molecular formula is C19H16N2O5. The molecule has 0 saturated heterocycles. The molecule has 0 aliphatic carbocycles. The average Bonchev–Trinajstić information content (AvgIpc) is 3.20. The van der Waals surface area contributed by atoms with Crippen LogP contribution in [0.25, 0.3) is 11.3 Å². The van der Waals surface area contributed by atoms with E-state index < -0.39 is 5.97 Å². The van der Waals surface area contributed by atoms with E-state index in [1.165, 1.54) is 31.8 Å². The van der Waals surface area contributed by atoms with Crippen molar-refractivity contribution in [2.45, 2.75) is 0 Å². The lowest BCUT2D eigenvalue weighted by Crippen LogP contribution is -2.15. The van der Waals surface area contributed by atoms with Crippen molar-refractivity contribution in [3.05, 3.63) is 66.2 Å². The number of carbonyl (C=O) groups excluding carboxylic acids is 2. The molecule has 0 unspecified atom stereocenters. The van der Waals surface area contributed by atoms with Crippen LogP contribution in [-0.2, 0) is 4.74 Å². The molecule has 1 aromatic heterocycles. The second-order valence-corrected chi connectivity index (χ2v) is 5.37. The molecule has 7 nitrogen and oxygen atoms in total. The minimum Gasteiger partial charge on any atom is -0.496 e. The number of methoxy groups -OCH3 is 1. The number of nitrogens with zero attached hydrogens (tertiary/aromatic N) is 1. The van der Waals surface area contributed by atoms with Gasteiger partial charge in [-0.3, -0.25) is 4.79 Å². The number of ether oxygens (including phenoxy) is 2. The third-order valence-corrected chi connectivity index (χ3v) is 3.72. The monoisotopic (exact) mass is 352 g/mol. The molecule has 0 atom stereocenters. The first-order chi connectivity index (χ1) is 12.6. The fourth-order valence-electron chi connectivity index (χ4n) is 2.40. The Balaban J connectivity index is 1.81. The third-order valence-electron chi connectivity index (χ3n) is 3.72. The van der Waals surface area contributed by atoms with Gasteiger partial charge in [0.25, 0.3) is 0 Å². The predicted octanol–water partition coefficient (Wildman–Crippen LogP) is 2.97. The standard InChI is InChI=1S/C19H16N2O5/c1-24-17-8-15(20)13(7-14(17)18-9-21-11-26-18)19(23)25-10-16(22)12-5-3-2-4-6-12/h2-9,11H,10,20H2,1H3. The van der Waals surface area contributed by atoms with Gasteiger partial charge in [-0.2, -0.15) is 0 Å². The van der Waals surface area contributed by atoms with Crippen molar-refractivity contribution in [1.29, 1.82) is 0 Å². The molecule has 0 saturated carbocycles. The van der Waals surface area contributed by atoms with Crippen LogP contribution in [0.5, 0.6) is 5.75 Å². The SMILES string of the molecule is COc1cc(N)c(C(=O)OCC(=O)c2ccccc2)cc1-c1cnco1. The molecule has 2 N–H and O–H groups in total. The molecule has 2 aromatic carbocycles. The van der Waals surface area contributed by atoms with Gasteiger partial charge in [-0.1, -0.05) is 30.3 Å². The largest absolute Gasteiger partial charge is 0.496 e. The molecule has 0 amide bonds. The van der Waals surface area contributed by atoms with Crippen LogP contribution < -0.4 is 10.5 Å². The number of anilines is 1. The normalized spacial score (nSPS) is 10.3. The lowest BCUT2D eigenvalue weighted by molar-refractivity contribution is 0.0476. The van der Waals surface area contributed by atoms with Gasteiger partial charge in [0.1, 0.15) is 5.75 Å². The van der Waals surface area contributed by atoms with Gasteiger partial charge in [-0.05, 0) is 6.07 Å². The van der Waals surface area contributed by atoms with E-state index in [1.807, 2.05) is 0 Å². The Hall–Kier alpha value is -3.61. The number of oxazole rings is 1. The van der Waals surface area contributed by atoms with Crippen LogP contribution in [0.15, 0.2) is 59.5 Å². The quantitative estimate of drug-likeness (QED) is 0.413. The van der Waals surface area contributed by atoms with Gasteiger partial charge < -0.3 is 19.6 Å². The van der Waals surface area contributed by atoms with Crippen LogP contribution in [0, 0.1) is 0 Å². The zero-order chi connectivity index (χ0) is 18.5. The van der Waals surface area contributed by atoms with E-state index >= 15 is 0 Å². The fraction of sp³-hybridized carbons (Fsp3) is 0.105. The number of carbonyl (C=O) groups is 2. The number of Topliss-reactive ketones (excluding diaryl/α,β-unsaturated/α-hetero) is 1. The lowest BCUT2D eigenvalue weighted by Gasteiger charge is -2.11. The minimum atomic E-state index is -0.713. The van der Waals surface area contributed by atoms with Crippen molar-refractivity contribution in [1.82, 2.24) is 4.98 Å². The van der Waals surface area contributed by atoms with Gasteiger partial charge in [0.15, 0.2) is 24.5 Å². The molecule has 0 spiro atoms. The van der Waals surface area contributed by atoms with Gasteiger partial charge in [0, 0.05) is 17.3 Å². The molecular weight excluding hydrogens is 336 g/mol. The topological polar surface area (TPSA) is 105 Å². The summed E-state index contributed by atoms with van der Waals surface area (Å²) < 4.78 is 15.6. The van der Waals surface area contributed by atoms with Crippen molar-refractivity contribution < 1.29 is 23.5 Å². The van der Waals surface area contributed by atoms with E-state index in [1.54, 1.807) is 30.3 Å². The van der Waals surface area contributed by atoms with E-state index in [4.69, 9.17) is 19.6 Å². The summed E-state index contributed by atoms with van der Waals surface area (Å²) in [5.74, 6) is -0.177. The molecule has 3 rings (SSSR count). The summed E-state index contributed by atoms with van der Waals surface area (Å²) in [5, 5.41) is 0. The number of benzene rings is 2. The van der Waals surface area contributed by atoms with E-state index in [0.717, 1.165) is 0 Å². The predicted molar refractivity (Wildman–Crippen MR) is 94.0 cm³/mol. The van der Waals surface area contributed by atoms with Crippen LogP contribution in [-0.4, -0.2) is 30.5 Å². The number of hydrogen-bond acceptors (Lipinski definition) is 7. The Labute approximate surface area is 149 Å². The second kappa shape index (κ2) is 7.52. The van der Waals surface area contributed by atoms with Crippen LogP contribution in [0.1, 0.15) is 20.7 Å². The van der Waals surface area contributed by atoms with Crippen LogP contribution in [0.3, 0.4) is 0 Å². The molecule has 26 heavy (non-hydrogen) atoms. The highest BCUT2D eigenvalue weighted by molar-refractivity contribution is 6.01. The van der Waals surface area contributed by atoms with Gasteiger partial charge in [0.2, 0.25) is 0 Å². The van der Waals surface area contributed by atoms with E-state index in [-0.39, 0.29) is 23.6 Å². The van der Waals surface area contributed by atoms with E-state index in [0.29, 0.717) is 22.6 Å². The first-order valence-corrected chi connectivity index (χ1v) is 7.72. The lowest BCUT2D eigenvalue weighted by atomic mass is 10.1. The molecule has 0 aliphatic heterocycles. The van der Waals surface area contributed by atoms with Crippen LogP contribution in [0.2, 0.25) is 0 Å². The van der Waals surface area contributed by atoms with Crippen LogP contribution in [0.4, 0.5) is 5.69 Å². The van der Waals surface area contributed by atoms with Gasteiger partial charge in [-0.15, -0.1) is 0 Å². The Morgan fingerprint density at radius 1 is 1.19 bits per heavy atom. The molecule has 0 radical (unpaired) electrons. The van der Waals surface area contributed by atoms with Gasteiger partial charge >= 0.3 is 5.97 Å². The van der Waals surface area contributed by atoms with Crippen molar-refractivity contribution in [3.63, 3.8) is 0 Å². The molecule has 0 aliphatic rings. The highest BCUT2D eigenvalue weighted by Gasteiger charge is 2.19. The number of nitrogens with two attached hydrogens (primary N) is 1. The summed E-state index contributed by atoms with van der Waals surface area (Å²) in [6, 6.07) is 11.6. The maximum Gasteiger partial charge on any atom is 0.340 e. The fourth-order valence-corrected chi connectivity index (χ4v) is 2.40. The van der Waals surface area contributed by atoms with Crippen LogP contribution >= 0.6 is 0 Å². The summed E-state index contributed by atoms with van der Waals surface area (Å²) in [5.41, 5.74) is 7.17. The van der Waals surface area contributed by atoms with Crippen molar-refractivity contribution in [3.8, 4) is 17.1 Å². The molecule has 3 aromatic rings. The zero-order valence-electron chi connectivity index (χ0n) is 14.0. The van der Waals surface area contributed by atoms with Crippen molar-refractivity contribution in [2.24, 2.45) is 0 Å². The molecule has 7 heteroatoms. The molecule has 132 valence electrons. The summed E-state index contributed by atoms with van der Waals surface area (Å²) >= 11 is 0. The summed E-state index contributed by atoms with van der Waals surface area (Å²) in [4.78, 5) is 28.3. The van der Waals surface area contributed by atoms with Gasteiger partial charge in [0.05, 0.1) is 24.4 Å². The zero-order valence-corrected chi connectivity index (χ0v) is 14.0. The molecule has 0 fully saturated rings. The van der Waals surface area contributed by atoms with Crippen molar-refractivity contribution in [2.75, 3.05) is 19.5 Å². The van der Waals surface area contributed by atoms with E-state index in [2.05, 4.69) is 4.98 Å². The Kier molecular flexibility index (Phi) is 4.98. The third kappa shape index (κ3) is 3.56. The van der Waals surface area contributed by atoms with Gasteiger partial charge in [-0.25, -0.2) is 9.78 Å². The minimum absolute atomic E-state index is 0.109. The average molecular weight is 352 g/mol. The Morgan fingerprint density at radius 2 is 1.96 bits per heavy atom. The number of ketones is 1. The summed E-state index contributed by atoms with van der Waals surface area (Å²) in [6.07, 6.45) is 2.75. The summed E-state index contributed by atoms with van der Waals surface area (Å²) in [6.45, 7) is -0.383. The van der Waals surface area contributed by atoms with Crippen molar-refractivity contribution >= 4 is 17.4 Å². The number of esters is 1. The maximum absolute atomic E-state index is 12.4. The summed E-state index contributed by atoms with van der Waals surface area (Å²) in [7, 11) is 1.48. The number of rotatable bonds is 6.